The number of nitrogens with one attached hydrogen (secondary N) is 1. The van der Waals surface area contributed by atoms with E-state index in [0.717, 1.165) is 30.5 Å². The SMILES string of the molecule is CONC(=CCCCCO)c1ccc(-c2ccccc2)cc1. The monoisotopic (exact) mass is 297 g/mol. The predicted octanol–water partition coefficient (Wildman–Crippen LogP) is 4.01. The van der Waals surface area contributed by atoms with Crippen LogP contribution >= 0.6 is 0 Å². The molecule has 0 atom stereocenters. The van der Waals surface area contributed by atoms with Crippen LogP contribution in [0.25, 0.3) is 16.8 Å². The van der Waals surface area contributed by atoms with E-state index in [1.54, 1.807) is 7.11 Å². The van der Waals surface area contributed by atoms with Gasteiger partial charge in [-0.3, -0.25) is 10.3 Å². The van der Waals surface area contributed by atoms with Gasteiger partial charge in [0.25, 0.3) is 0 Å². The Morgan fingerprint density at radius 3 is 2.32 bits per heavy atom. The van der Waals surface area contributed by atoms with Crippen LogP contribution in [0.2, 0.25) is 0 Å². The second-order valence-electron chi connectivity index (χ2n) is 5.09. The molecule has 0 aliphatic rings. The Bertz CT molecular complexity index is 576. The quantitative estimate of drug-likeness (QED) is 0.571. The van der Waals surface area contributed by atoms with Gasteiger partial charge in [0.2, 0.25) is 0 Å². The molecule has 0 saturated carbocycles. The summed E-state index contributed by atoms with van der Waals surface area (Å²) in [4.78, 5) is 5.06. The van der Waals surface area contributed by atoms with Gasteiger partial charge in [-0.25, -0.2) is 0 Å². The van der Waals surface area contributed by atoms with E-state index in [1.165, 1.54) is 11.1 Å². The Labute approximate surface area is 132 Å². The number of rotatable bonds is 8. The molecule has 0 radical (unpaired) electrons. The lowest BCUT2D eigenvalue weighted by Crippen LogP contribution is -2.10. The maximum atomic E-state index is 8.83. The summed E-state index contributed by atoms with van der Waals surface area (Å²) in [6.45, 7) is 0.243. The van der Waals surface area contributed by atoms with E-state index in [4.69, 9.17) is 9.94 Å². The van der Waals surface area contributed by atoms with Crippen molar-refractivity contribution in [1.29, 1.82) is 0 Å². The van der Waals surface area contributed by atoms with Crippen molar-refractivity contribution < 1.29 is 9.94 Å². The molecule has 0 amide bonds. The van der Waals surface area contributed by atoms with E-state index in [9.17, 15) is 0 Å². The Balaban J connectivity index is 2.12. The summed E-state index contributed by atoms with van der Waals surface area (Å²) >= 11 is 0. The third kappa shape index (κ3) is 4.72. The number of hydroxylamine groups is 1. The number of aliphatic hydroxyl groups is 1. The molecule has 0 heterocycles. The molecule has 22 heavy (non-hydrogen) atoms. The normalized spacial score (nSPS) is 11.5. The van der Waals surface area contributed by atoms with E-state index in [2.05, 4.69) is 48.0 Å². The number of hydrogen-bond acceptors (Lipinski definition) is 3. The lowest BCUT2D eigenvalue weighted by molar-refractivity contribution is 0.136. The van der Waals surface area contributed by atoms with Crippen LogP contribution in [-0.4, -0.2) is 18.8 Å². The molecule has 3 nitrogen and oxygen atoms in total. The molecule has 0 unspecified atom stereocenters. The summed E-state index contributed by atoms with van der Waals surface area (Å²) in [7, 11) is 1.61. The third-order valence-electron chi connectivity index (χ3n) is 3.48. The summed E-state index contributed by atoms with van der Waals surface area (Å²) in [6.07, 6.45) is 4.81. The second kappa shape index (κ2) is 9.03. The van der Waals surface area contributed by atoms with Gasteiger partial charge >= 0.3 is 0 Å². The van der Waals surface area contributed by atoms with E-state index in [-0.39, 0.29) is 6.61 Å². The van der Waals surface area contributed by atoms with Crippen LogP contribution in [0.3, 0.4) is 0 Å². The first kappa shape index (κ1) is 16.3. The molecule has 2 rings (SSSR count). The summed E-state index contributed by atoms with van der Waals surface area (Å²) < 4.78 is 0. The maximum absolute atomic E-state index is 8.83. The summed E-state index contributed by atoms with van der Waals surface area (Å²) in [6, 6.07) is 18.7. The molecule has 2 aromatic carbocycles. The van der Waals surface area contributed by atoms with Crippen LogP contribution in [0, 0.1) is 0 Å². The van der Waals surface area contributed by atoms with Gasteiger partial charge in [-0.1, -0.05) is 60.7 Å². The zero-order valence-corrected chi connectivity index (χ0v) is 13.0. The molecule has 0 saturated heterocycles. The molecule has 0 aliphatic carbocycles. The predicted molar refractivity (Wildman–Crippen MR) is 90.9 cm³/mol. The topological polar surface area (TPSA) is 41.5 Å². The fourth-order valence-electron chi connectivity index (χ4n) is 2.30. The van der Waals surface area contributed by atoms with Gasteiger partial charge in [0.15, 0.2) is 0 Å². The molecule has 2 aromatic rings. The van der Waals surface area contributed by atoms with E-state index >= 15 is 0 Å². The summed E-state index contributed by atoms with van der Waals surface area (Å²) in [5.41, 5.74) is 7.39. The fraction of sp³-hybridized carbons (Fsp3) is 0.263. The van der Waals surface area contributed by atoms with Crippen molar-refractivity contribution in [2.45, 2.75) is 19.3 Å². The zero-order chi connectivity index (χ0) is 15.6. The average molecular weight is 297 g/mol. The highest BCUT2D eigenvalue weighted by Crippen LogP contribution is 2.22. The third-order valence-corrected chi connectivity index (χ3v) is 3.48. The lowest BCUT2D eigenvalue weighted by Gasteiger charge is -2.10. The molecule has 0 aromatic heterocycles. The molecule has 0 aliphatic heterocycles. The minimum Gasteiger partial charge on any atom is -0.396 e. The number of benzene rings is 2. The summed E-state index contributed by atoms with van der Waals surface area (Å²) in [5, 5.41) is 8.83. The van der Waals surface area contributed by atoms with E-state index < -0.39 is 0 Å². The highest BCUT2D eigenvalue weighted by atomic mass is 16.6. The van der Waals surface area contributed by atoms with Gasteiger partial charge in [0.1, 0.15) is 0 Å². The molecule has 2 N–H and O–H groups in total. The van der Waals surface area contributed by atoms with E-state index in [1.807, 2.05) is 18.2 Å². The Morgan fingerprint density at radius 1 is 1.00 bits per heavy atom. The van der Waals surface area contributed by atoms with Crippen molar-refractivity contribution in [3.05, 3.63) is 66.2 Å². The zero-order valence-electron chi connectivity index (χ0n) is 13.0. The first-order chi connectivity index (χ1) is 10.8. The maximum Gasteiger partial charge on any atom is 0.0636 e. The molecular formula is C19H23NO2. The van der Waals surface area contributed by atoms with Crippen molar-refractivity contribution in [1.82, 2.24) is 5.48 Å². The number of unbranched alkanes of at least 4 members (excludes halogenated alkanes) is 2. The molecule has 116 valence electrons. The summed E-state index contributed by atoms with van der Waals surface area (Å²) in [5.74, 6) is 0. The van der Waals surface area contributed by atoms with Crippen LogP contribution in [0.1, 0.15) is 24.8 Å². The first-order valence-electron chi connectivity index (χ1n) is 7.61. The highest BCUT2D eigenvalue weighted by Gasteiger charge is 2.02. The minimum absolute atomic E-state index is 0.243. The van der Waals surface area contributed by atoms with Gasteiger partial charge in [0.05, 0.1) is 12.8 Å². The molecule has 0 bridgehead atoms. The van der Waals surface area contributed by atoms with Crippen LogP contribution in [-0.2, 0) is 4.84 Å². The van der Waals surface area contributed by atoms with Crippen LogP contribution in [0.15, 0.2) is 60.7 Å². The van der Waals surface area contributed by atoms with Crippen LogP contribution in [0.5, 0.6) is 0 Å². The van der Waals surface area contributed by atoms with Crippen molar-refractivity contribution >= 4 is 5.70 Å². The highest BCUT2D eigenvalue weighted by molar-refractivity contribution is 5.69. The fourth-order valence-corrected chi connectivity index (χ4v) is 2.30. The number of aliphatic hydroxyl groups excluding tert-OH is 1. The second-order valence-corrected chi connectivity index (χ2v) is 5.09. The average Bonchev–Trinajstić information content (AvgIpc) is 2.59. The van der Waals surface area contributed by atoms with Gasteiger partial charge in [-0.05, 0) is 36.0 Å². The number of allylic oxidation sites excluding steroid dienone is 1. The smallest absolute Gasteiger partial charge is 0.0636 e. The minimum atomic E-state index is 0.243. The van der Waals surface area contributed by atoms with Gasteiger partial charge in [-0.2, -0.15) is 0 Å². The van der Waals surface area contributed by atoms with Crippen molar-refractivity contribution in [2.75, 3.05) is 13.7 Å². The Morgan fingerprint density at radius 2 is 1.68 bits per heavy atom. The van der Waals surface area contributed by atoms with Crippen LogP contribution in [0.4, 0.5) is 0 Å². The van der Waals surface area contributed by atoms with Crippen molar-refractivity contribution in [2.24, 2.45) is 0 Å². The van der Waals surface area contributed by atoms with Gasteiger partial charge < -0.3 is 5.11 Å². The van der Waals surface area contributed by atoms with Gasteiger partial charge in [-0.15, -0.1) is 0 Å². The van der Waals surface area contributed by atoms with Gasteiger partial charge in [0, 0.05) is 6.61 Å². The molecular weight excluding hydrogens is 274 g/mol. The first-order valence-corrected chi connectivity index (χ1v) is 7.61. The molecule has 0 spiro atoms. The molecule has 0 fully saturated rings. The largest absolute Gasteiger partial charge is 0.396 e. The number of hydrogen-bond donors (Lipinski definition) is 2. The van der Waals surface area contributed by atoms with Crippen LogP contribution < -0.4 is 5.48 Å². The van der Waals surface area contributed by atoms with Crippen molar-refractivity contribution in [3.8, 4) is 11.1 Å². The van der Waals surface area contributed by atoms with Crippen molar-refractivity contribution in [3.63, 3.8) is 0 Å². The Hall–Kier alpha value is -2.10. The molecule has 3 heteroatoms. The lowest BCUT2D eigenvalue weighted by atomic mass is 10.0. The standard InChI is InChI=1S/C19H23NO2/c1-22-20-19(10-6-3-7-15-21)18-13-11-17(12-14-18)16-8-4-2-5-9-16/h2,4-5,8-14,20-21H,3,6-7,15H2,1H3. The Kier molecular flexibility index (Phi) is 6.68. The van der Waals surface area contributed by atoms with E-state index in [0.29, 0.717) is 0 Å².